The topological polar surface area (TPSA) is 54.4 Å². The molecule has 0 heterocycles. The number of hydrogen-bond donors (Lipinski definition) is 1. The fourth-order valence-electron chi connectivity index (χ4n) is 6.24. The first-order valence-electron chi connectivity index (χ1n) is 8.80. The van der Waals surface area contributed by atoms with Crippen LogP contribution in [0, 0.1) is 28.6 Å². The van der Waals surface area contributed by atoms with Gasteiger partial charge in [0.1, 0.15) is 11.6 Å². The van der Waals surface area contributed by atoms with Gasteiger partial charge >= 0.3 is 0 Å². The lowest BCUT2D eigenvalue weighted by Gasteiger charge is -2.57. The normalized spacial score (nSPS) is 51.0. The number of carbonyl (C=O) groups is 2. The molecule has 0 radical (unpaired) electrons. The molecule has 3 saturated carbocycles. The van der Waals surface area contributed by atoms with E-state index in [4.69, 9.17) is 0 Å². The molecule has 3 nitrogen and oxygen atoms in total. The lowest BCUT2D eigenvalue weighted by atomic mass is 9.47. The molecule has 0 aromatic heterocycles. The molecule has 4 aliphatic rings. The summed E-state index contributed by atoms with van der Waals surface area (Å²) in [6.07, 6.45) is 7.22. The number of aliphatic hydroxyl groups is 1. The average Bonchev–Trinajstić information content (AvgIpc) is 2.77. The summed E-state index contributed by atoms with van der Waals surface area (Å²) in [5, 5.41) is 10.8. The number of Topliss-reactive ketones (excluding diaryl/α,β-unsaturated/α-hetero) is 2. The fourth-order valence-corrected chi connectivity index (χ4v) is 6.24. The first-order chi connectivity index (χ1) is 10.4. The second-order valence-electron chi connectivity index (χ2n) is 8.52. The molecule has 0 saturated heterocycles. The second-order valence-corrected chi connectivity index (χ2v) is 8.52. The van der Waals surface area contributed by atoms with Crippen molar-refractivity contribution in [1.29, 1.82) is 0 Å². The maximum atomic E-state index is 12.4. The summed E-state index contributed by atoms with van der Waals surface area (Å²) in [4.78, 5) is 24.2. The SMILES string of the molecule is C[C@]12CCC(=O)CC1=C[C@@H](O)C1C2CC[C@]2(C)C(=O)CCC12. The molecule has 4 rings (SSSR count). The quantitative estimate of drug-likeness (QED) is 0.700. The lowest BCUT2D eigenvalue weighted by molar-refractivity contribution is -0.136. The predicted molar refractivity (Wildman–Crippen MR) is 83.1 cm³/mol. The average molecular weight is 302 g/mol. The first kappa shape index (κ1) is 14.6. The molecule has 0 bridgehead atoms. The van der Waals surface area contributed by atoms with Crippen molar-refractivity contribution in [3.05, 3.63) is 11.6 Å². The molecule has 0 aliphatic heterocycles. The Bertz CT molecular complexity index is 577. The van der Waals surface area contributed by atoms with Crippen LogP contribution in [-0.2, 0) is 9.59 Å². The Morgan fingerprint density at radius 2 is 1.77 bits per heavy atom. The monoisotopic (exact) mass is 302 g/mol. The van der Waals surface area contributed by atoms with Crippen molar-refractivity contribution in [3.63, 3.8) is 0 Å². The van der Waals surface area contributed by atoms with Crippen molar-refractivity contribution in [1.82, 2.24) is 0 Å². The third kappa shape index (κ3) is 1.72. The third-order valence-corrected chi connectivity index (χ3v) is 7.67. The summed E-state index contributed by atoms with van der Waals surface area (Å²) in [5.74, 6) is 1.67. The van der Waals surface area contributed by atoms with Crippen molar-refractivity contribution in [2.75, 3.05) is 0 Å². The van der Waals surface area contributed by atoms with Crippen LogP contribution in [0.15, 0.2) is 11.6 Å². The van der Waals surface area contributed by atoms with Gasteiger partial charge < -0.3 is 5.11 Å². The Kier molecular flexibility index (Phi) is 3.01. The minimum Gasteiger partial charge on any atom is -0.389 e. The summed E-state index contributed by atoms with van der Waals surface area (Å²) in [5.41, 5.74) is 1.02. The van der Waals surface area contributed by atoms with Gasteiger partial charge in [-0.1, -0.05) is 25.5 Å². The van der Waals surface area contributed by atoms with Crippen LogP contribution in [0.4, 0.5) is 0 Å². The molecule has 120 valence electrons. The smallest absolute Gasteiger partial charge is 0.139 e. The van der Waals surface area contributed by atoms with Crippen LogP contribution in [-0.4, -0.2) is 22.8 Å². The highest BCUT2D eigenvalue weighted by atomic mass is 16.3. The van der Waals surface area contributed by atoms with E-state index in [1.54, 1.807) is 0 Å². The number of ketones is 2. The van der Waals surface area contributed by atoms with Gasteiger partial charge in [-0.15, -0.1) is 0 Å². The van der Waals surface area contributed by atoms with E-state index in [1.165, 1.54) is 5.57 Å². The number of allylic oxidation sites excluding steroid dienone is 1. The predicted octanol–water partition coefficient (Wildman–Crippen LogP) is 3.06. The highest BCUT2D eigenvalue weighted by Gasteiger charge is 2.60. The third-order valence-electron chi connectivity index (χ3n) is 7.67. The van der Waals surface area contributed by atoms with Crippen LogP contribution in [0.1, 0.15) is 58.8 Å². The van der Waals surface area contributed by atoms with Gasteiger partial charge in [0.15, 0.2) is 0 Å². The Labute approximate surface area is 132 Å². The minimum atomic E-state index is -0.477. The van der Waals surface area contributed by atoms with Crippen molar-refractivity contribution >= 4 is 11.6 Å². The second kappa shape index (κ2) is 4.53. The van der Waals surface area contributed by atoms with Gasteiger partial charge in [-0.25, -0.2) is 0 Å². The van der Waals surface area contributed by atoms with E-state index in [0.29, 0.717) is 42.7 Å². The molecule has 3 unspecified atom stereocenters. The Hall–Kier alpha value is -0.960. The number of hydrogen-bond acceptors (Lipinski definition) is 3. The zero-order valence-electron chi connectivity index (χ0n) is 13.6. The largest absolute Gasteiger partial charge is 0.389 e. The molecule has 6 atom stereocenters. The highest BCUT2D eigenvalue weighted by Crippen LogP contribution is 2.63. The van der Waals surface area contributed by atoms with E-state index in [2.05, 4.69) is 13.8 Å². The Morgan fingerprint density at radius 3 is 2.55 bits per heavy atom. The molecular weight excluding hydrogens is 276 g/mol. The van der Waals surface area contributed by atoms with E-state index < -0.39 is 6.10 Å². The minimum absolute atomic E-state index is 0.0603. The Balaban J connectivity index is 1.76. The van der Waals surface area contributed by atoms with Crippen LogP contribution >= 0.6 is 0 Å². The summed E-state index contributed by atoms with van der Waals surface area (Å²) < 4.78 is 0. The van der Waals surface area contributed by atoms with E-state index in [0.717, 1.165) is 25.7 Å². The zero-order chi connectivity index (χ0) is 15.7. The summed E-state index contributed by atoms with van der Waals surface area (Å²) >= 11 is 0. The molecule has 3 fully saturated rings. The molecule has 4 aliphatic carbocycles. The summed E-state index contributed by atoms with van der Waals surface area (Å²) in [6.45, 7) is 4.43. The zero-order valence-corrected chi connectivity index (χ0v) is 13.6. The maximum Gasteiger partial charge on any atom is 0.139 e. The molecule has 0 spiro atoms. The van der Waals surface area contributed by atoms with E-state index >= 15 is 0 Å². The molecule has 0 aromatic rings. The fraction of sp³-hybridized carbons (Fsp3) is 0.789. The number of aliphatic hydroxyl groups excluding tert-OH is 1. The molecule has 0 amide bonds. The number of fused-ring (bicyclic) bond motifs is 5. The number of carbonyl (C=O) groups excluding carboxylic acids is 2. The van der Waals surface area contributed by atoms with Crippen molar-refractivity contribution < 1.29 is 14.7 Å². The maximum absolute atomic E-state index is 12.4. The molecule has 0 aromatic carbocycles. The number of rotatable bonds is 0. The summed E-state index contributed by atoms with van der Waals surface area (Å²) in [7, 11) is 0. The lowest BCUT2D eigenvalue weighted by Crippen LogP contribution is -2.54. The van der Waals surface area contributed by atoms with Crippen LogP contribution in [0.25, 0.3) is 0 Å². The van der Waals surface area contributed by atoms with Crippen LogP contribution in [0.5, 0.6) is 0 Å². The molecule has 3 heteroatoms. The van der Waals surface area contributed by atoms with Crippen molar-refractivity contribution in [2.45, 2.75) is 64.9 Å². The van der Waals surface area contributed by atoms with Gasteiger partial charge in [0.2, 0.25) is 0 Å². The molecule has 1 N–H and O–H groups in total. The van der Waals surface area contributed by atoms with E-state index in [-0.39, 0.29) is 16.7 Å². The van der Waals surface area contributed by atoms with Crippen LogP contribution in [0.2, 0.25) is 0 Å². The summed E-state index contributed by atoms with van der Waals surface area (Å²) in [6, 6.07) is 0. The van der Waals surface area contributed by atoms with Gasteiger partial charge in [-0.3, -0.25) is 9.59 Å². The van der Waals surface area contributed by atoms with Gasteiger partial charge in [-0.2, -0.15) is 0 Å². The van der Waals surface area contributed by atoms with E-state index in [9.17, 15) is 14.7 Å². The molecular formula is C19H26O3. The van der Waals surface area contributed by atoms with Crippen molar-refractivity contribution in [2.24, 2.45) is 28.6 Å². The van der Waals surface area contributed by atoms with Gasteiger partial charge in [0.25, 0.3) is 0 Å². The van der Waals surface area contributed by atoms with Gasteiger partial charge in [-0.05, 0) is 48.9 Å². The first-order valence-corrected chi connectivity index (χ1v) is 8.80. The highest BCUT2D eigenvalue weighted by molar-refractivity contribution is 5.87. The standard InChI is InChI=1S/C19H26O3/c1-18-7-5-12(20)9-11(18)10-15(21)17-13-3-4-16(22)19(13,2)8-6-14(17)18/h10,13-15,17,21H,3-9H2,1-2H3/t13?,14?,15-,17?,18+,19+/m1/s1. The van der Waals surface area contributed by atoms with Crippen LogP contribution in [0.3, 0.4) is 0 Å². The van der Waals surface area contributed by atoms with Crippen molar-refractivity contribution in [3.8, 4) is 0 Å². The van der Waals surface area contributed by atoms with Gasteiger partial charge in [0.05, 0.1) is 6.10 Å². The van der Waals surface area contributed by atoms with E-state index in [1.807, 2.05) is 6.08 Å². The van der Waals surface area contributed by atoms with Gasteiger partial charge in [0, 0.05) is 24.7 Å². The Morgan fingerprint density at radius 1 is 1.05 bits per heavy atom. The van der Waals surface area contributed by atoms with Crippen LogP contribution < -0.4 is 0 Å². The molecule has 22 heavy (non-hydrogen) atoms.